The molecular weight excluding hydrogens is 380 g/mol. The summed E-state index contributed by atoms with van der Waals surface area (Å²) in [6.07, 6.45) is 1.43. The van der Waals surface area contributed by atoms with Crippen molar-refractivity contribution < 1.29 is 9.53 Å². The van der Waals surface area contributed by atoms with Gasteiger partial charge in [0.25, 0.3) is 0 Å². The smallest absolute Gasteiger partial charge is 0.207 e. The van der Waals surface area contributed by atoms with Crippen LogP contribution in [0, 0.1) is 11.8 Å². The topological polar surface area (TPSA) is 51.2 Å². The molecule has 1 aromatic heterocycles. The average Bonchev–Trinajstić information content (AvgIpc) is 3.12. The number of rotatable bonds is 5. The number of amides is 1. The number of hydrogen-bond donors (Lipinski definition) is 1. The number of aromatic nitrogens is 1. The number of para-hydroxylation sites is 1. The number of carbonyl (C=O) groups is 1. The van der Waals surface area contributed by atoms with Crippen molar-refractivity contribution in [2.75, 3.05) is 7.11 Å². The summed E-state index contributed by atoms with van der Waals surface area (Å²) in [6, 6.07) is 16.0. The molecule has 1 unspecified atom stereocenters. The molecule has 29 heavy (non-hydrogen) atoms. The summed E-state index contributed by atoms with van der Waals surface area (Å²) < 4.78 is 6.07. The van der Waals surface area contributed by atoms with Crippen LogP contribution in [0.4, 0.5) is 0 Å². The van der Waals surface area contributed by atoms with Crippen molar-refractivity contribution in [3.63, 3.8) is 0 Å². The predicted octanol–water partition coefficient (Wildman–Crippen LogP) is 5.13. The van der Waals surface area contributed by atoms with Gasteiger partial charge in [-0.1, -0.05) is 30.2 Å². The Morgan fingerprint density at radius 1 is 1.21 bits per heavy atom. The van der Waals surface area contributed by atoms with Gasteiger partial charge in [-0.2, -0.15) is 0 Å². The minimum atomic E-state index is -0.130. The maximum absolute atomic E-state index is 11.0. The van der Waals surface area contributed by atoms with Crippen LogP contribution in [0.25, 0.3) is 10.2 Å². The van der Waals surface area contributed by atoms with Crippen molar-refractivity contribution in [2.45, 2.75) is 45.8 Å². The molecule has 1 amide bonds. The standard InChI is InChI=1S/C19H16N2OS.C5H12O/c1-2-6-14-7-5-8-15(11-14)12-17(20-13-22)19-21-16-9-3-4-10-18(16)23-19;1-5(2,3)6-4/h3-5,7-11,13,17H,12H2,1H3,(H,20,22);1-4H3. The highest BCUT2D eigenvalue weighted by Crippen LogP contribution is 2.28. The molecule has 3 rings (SSSR count). The van der Waals surface area contributed by atoms with E-state index in [1.54, 1.807) is 18.4 Å². The highest BCUT2D eigenvalue weighted by Gasteiger charge is 2.16. The normalized spacial score (nSPS) is 11.6. The molecule has 5 heteroatoms. The van der Waals surface area contributed by atoms with Gasteiger partial charge >= 0.3 is 0 Å². The fraction of sp³-hybridized carbons (Fsp3) is 0.333. The molecule has 0 fully saturated rings. The summed E-state index contributed by atoms with van der Waals surface area (Å²) in [5, 5.41) is 3.81. The summed E-state index contributed by atoms with van der Waals surface area (Å²) in [5.41, 5.74) is 3.12. The second-order valence-corrected chi connectivity index (χ2v) is 8.52. The van der Waals surface area contributed by atoms with Crippen LogP contribution in [-0.2, 0) is 16.0 Å². The van der Waals surface area contributed by atoms with Gasteiger partial charge in [0.05, 0.1) is 21.9 Å². The van der Waals surface area contributed by atoms with E-state index in [2.05, 4.69) is 28.2 Å². The first-order valence-electron chi connectivity index (χ1n) is 9.48. The van der Waals surface area contributed by atoms with E-state index in [-0.39, 0.29) is 11.6 Å². The maximum Gasteiger partial charge on any atom is 0.207 e. The number of ether oxygens (including phenoxy) is 1. The molecule has 0 aliphatic rings. The van der Waals surface area contributed by atoms with Gasteiger partial charge in [-0.15, -0.1) is 17.3 Å². The van der Waals surface area contributed by atoms with E-state index in [0.29, 0.717) is 6.42 Å². The Balaban J connectivity index is 0.000000438. The van der Waals surface area contributed by atoms with Crippen molar-refractivity contribution >= 4 is 28.0 Å². The lowest BCUT2D eigenvalue weighted by molar-refractivity contribution is -0.110. The van der Waals surface area contributed by atoms with E-state index in [4.69, 9.17) is 4.74 Å². The van der Waals surface area contributed by atoms with Crippen LogP contribution in [-0.4, -0.2) is 24.1 Å². The minimum absolute atomic E-state index is 0.0417. The third-order valence-corrected chi connectivity index (χ3v) is 5.28. The molecule has 3 aromatic rings. The first-order chi connectivity index (χ1) is 13.9. The zero-order valence-corrected chi connectivity index (χ0v) is 18.5. The zero-order chi connectivity index (χ0) is 21.3. The highest BCUT2D eigenvalue weighted by molar-refractivity contribution is 7.18. The Morgan fingerprint density at radius 3 is 2.55 bits per heavy atom. The largest absolute Gasteiger partial charge is 0.379 e. The van der Waals surface area contributed by atoms with Crippen LogP contribution in [0.2, 0.25) is 0 Å². The molecule has 1 N–H and O–H groups in total. The first-order valence-corrected chi connectivity index (χ1v) is 10.3. The van der Waals surface area contributed by atoms with Crippen LogP contribution < -0.4 is 5.32 Å². The summed E-state index contributed by atoms with van der Waals surface area (Å²) >= 11 is 1.62. The van der Waals surface area contributed by atoms with Crippen molar-refractivity contribution in [1.29, 1.82) is 0 Å². The molecule has 0 saturated heterocycles. The van der Waals surface area contributed by atoms with Crippen LogP contribution in [0.5, 0.6) is 0 Å². The van der Waals surface area contributed by atoms with E-state index in [1.165, 1.54) is 0 Å². The fourth-order valence-corrected chi connectivity index (χ4v) is 3.52. The lowest BCUT2D eigenvalue weighted by Gasteiger charge is -2.14. The minimum Gasteiger partial charge on any atom is -0.379 e. The van der Waals surface area contributed by atoms with Gasteiger partial charge in [0.1, 0.15) is 5.01 Å². The van der Waals surface area contributed by atoms with E-state index in [9.17, 15) is 4.79 Å². The Labute approximate surface area is 177 Å². The zero-order valence-electron chi connectivity index (χ0n) is 17.7. The Hall–Kier alpha value is -2.68. The lowest BCUT2D eigenvalue weighted by atomic mass is 10.0. The lowest BCUT2D eigenvalue weighted by Crippen LogP contribution is -2.21. The molecule has 0 aliphatic heterocycles. The van der Waals surface area contributed by atoms with Gasteiger partial charge < -0.3 is 10.1 Å². The number of carbonyl (C=O) groups excluding carboxylic acids is 1. The number of benzene rings is 2. The predicted molar refractivity (Wildman–Crippen MR) is 121 cm³/mol. The van der Waals surface area contributed by atoms with Gasteiger partial charge in [0, 0.05) is 12.7 Å². The summed E-state index contributed by atoms with van der Waals surface area (Å²) in [7, 11) is 1.71. The van der Waals surface area contributed by atoms with Crippen LogP contribution >= 0.6 is 11.3 Å². The first kappa shape index (κ1) is 22.6. The monoisotopic (exact) mass is 408 g/mol. The van der Waals surface area contributed by atoms with Crippen LogP contribution in [0.3, 0.4) is 0 Å². The molecule has 2 aromatic carbocycles. The third-order valence-electron chi connectivity index (χ3n) is 4.13. The van der Waals surface area contributed by atoms with Gasteiger partial charge in [-0.3, -0.25) is 4.79 Å². The number of nitrogens with zero attached hydrogens (tertiary/aromatic N) is 1. The number of nitrogens with one attached hydrogen (secondary N) is 1. The average molecular weight is 409 g/mol. The SMILES string of the molecule is CC#Cc1cccc(CC(NC=O)c2nc3ccccc3s2)c1.COC(C)(C)C. The Kier molecular flexibility index (Phi) is 8.38. The van der Waals surface area contributed by atoms with E-state index in [1.807, 2.05) is 70.2 Å². The second kappa shape index (κ2) is 10.8. The molecule has 1 heterocycles. The molecule has 4 nitrogen and oxygen atoms in total. The fourth-order valence-electron chi connectivity index (χ4n) is 2.49. The summed E-state index contributed by atoms with van der Waals surface area (Å²) in [4.78, 5) is 15.7. The molecule has 0 spiro atoms. The van der Waals surface area contributed by atoms with Gasteiger partial charge in [-0.25, -0.2) is 4.98 Å². The highest BCUT2D eigenvalue weighted by atomic mass is 32.1. The van der Waals surface area contributed by atoms with Crippen molar-refractivity contribution in [3.8, 4) is 11.8 Å². The number of fused-ring (bicyclic) bond motifs is 1. The number of hydrogen-bond acceptors (Lipinski definition) is 4. The molecule has 1 atom stereocenters. The maximum atomic E-state index is 11.0. The van der Waals surface area contributed by atoms with E-state index >= 15 is 0 Å². The molecule has 152 valence electrons. The summed E-state index contributed by atoms with van der Waals surface area (Å²) in [6.45, 7) is 7.89. The van der Waals surface area contributed by atoms with Gasteiger partial charge in [0.15, 0.2) is 0 Å². The van der Waals surface area contributed by atoms with Gasteiger partial charge in [-0.05, 0) is 63.9 Å². The Morgan fingerprint density at radius 2 is 1.93 bits per heavy atom. The van der Waals surface area contributed by atoms with E-state index in [0.717, 1.165) is 32.8 Å². The van der Waals surface area contributed by atoms with Gasteiger partial charge in [0.2, 0.25) is 6.41 Å². The molecule has 0 aliphatic carbocycles. The molecule has 0 bridgehead atoms. The van der Waals surface area contributed by atoms with Crippen LogP contribution in [0.1, 0.15) is 49.9 Å². The number of methoxy groups -OCH3 is 1. The van der Waals surface area contributed by atoms with E-state index < -0.39 is 0 Å². The Bertz CT molecular complexity index is 960. The van der Waals surface area contributed by atoms with Crippen molar-refractivity contribution in [3.05, 3.63) is 64.7 Å². The molecule has 0 saturated carbocycles. The third kappa shape index (κ3) is 7.34. The van der Waals surface area contributed by atoms with Crippen molar-refractivity contribution in [1.82, 2.24) is 10.3 Å². The molecule has 0 radical (unpaired) electrons. The summed E-state index contributed by atoms with van der Waals surface area (Å²) in [5.74, 6) is 5.97. The van der Waals surface area contributed by atoms with Crippen LogP contribution in [0.15, 0.2) is 48.5 Å². The molecular formula is C24H28N2O2S. The second-order valence-electron chi connectivity index (χ2n) is 7.45. The van der Waals surface area contributed by atoms with Crippen molar-refractivity contribution in [2.24, 2.45) is 0 Å². The quantitative estimate of drug-likeness (QED) is 0.470. The number of thiazole rings is 1.